The first-order valence-electron chi connectivity index (χ1n) is 3.92. The van der Waals surface area contributed by atoms with Crippen LogP contribution in [0.4, 0.5) is 4.39 Å². The van der Waals surface area contributed by atoms with Gasteiger partial charge in [-0.2, -0.15) is 11.8 Å². The van der Waals surface area contributed by atoms with Crippen LogP contribution in [0.2, 0.25) is 0 Å². The molecular formula is C9H8BrFOS. The van der Waals surface area contributed by atoms with E-state index < -0.39 is 6.10 Å². The van der Waals surface area contributed by atoms with E-state index in [0.717, 1.165) is 21.4 Å². The first-order chi connectivity index (χ1) is 6.18. The molecule has 2 rings (SSSR count). The molecule has 0 fully saturated rings. The third-order valence-electron chi connectivity index (χ3n) is 2.08. The lowest BCUT2D eigenvalue weighted by Crippen LogP contribution is -2.10. The molecule has 1 nitrogen and oxygen atoms in total. The van der Waals surface area contributed by atoms with Gasteiger partial charge in [0.1, 0.15) is 5.82 Å². The van der Waals surface area contributed by atoms with Crippen molar-refractivity contribution >= 4 is 27.7 Å². The van der Waals surface area contributed by atoms with Crippen LogP contribution in [0.25, 0.3) is 0 Å². The molecule has 1 aliphatic rings. The Morgan fingerprint density at radius 3 is 3.08 bits per heavy atom. The molecule has 0 aromatic heterocycles. The molecule has 0 amide bonds. The fourth-order valence-electron chi connectivity index (χ4n) is 1.44. The van der Waals surface area contributed by atoms with Gasteiger partial charge in [0.15, 0.2) is 0 Å². The van der Waals surface area contributed by atoms with Gasteiger partial charge in [-0.3, -0.25) is 0 Å². The molecule has 1 atom stereocenters. The van der Waals surface area contributed by atoms with E-state index in [9.17, 15) is 9.50 Å². The van der Waals surface area contributed by atoms with Crippen LogP contribution in [0.1, 0.15) is 17.2 Å². The van der Waals surface area contributed by atoms with Crippen molar-refractivity contribution in [2.45, 2.75) is 11.9 Å². The van der Waals surface area contributed by atoms with E-state index in [1.807, 2.05) is 0 Å². The van der Waals surface area contributed by atoms with Crippen molar-refractivity contribution in [2.75, 3.05) is 5.75 Å². The van der Waals surface area contributed by atoms with E-state index in [1.54, 1.807) is 11.8 Å². The Labute approximate surface area is 88.5 Å². The van der Waals surface area contributed by atoms with Crippen LogP contribution < -0.4 is 0 Å². The zero-order valence-corrected chi connectivity index (χ0v) is 9.16. The first-order valence-corrected chi connectivity index (χ1v) is 5.87. The van der Waals surface area contributed by atoms with Crippen LogP contribution in [-0.4, -0.2) is 10.9 Å². The second-order valence-corrected chi connectivity index (χ2v) is 4.87. The van der Waals surface area contributed by atoms with Crippen LogP contribution in [0.3, 0.4) is 0 Å². The molecule has 0 bridgehead atoms. The summed E-state index contributed by atoms with van der Waals surface area (Å²) in [5.41, 5.74) is 1.75. The SMILES string of the molecule is O[C@@H]1CSCc2c(Br)cc(F)cc21. The molecule has 0 saturated carbocycles. The Balaban J connectivity index is 2.56. The minimum absolute atomic E-state index is 0.295. The van der Waals surface area contributed by atoms with Gasteiger partial charge in [0.05, 0.1) is 6.10 Å². The molecule has 1 aromatic rings. The first kappa shape index (κ1) is 9.49. The van der Waals surface area contributed by atoms with E-state index in [2.05, 4.69) is 15.9 Å². The molecule has 70 valence electrons. The molecule has 13 heavy (non-hydrogen) atoms. The normalized spacial score (nSPS) is 21.3. The smallest absolute Gasteiger partial charge is 0.124 e. The van der Waals surface area contributed by atoms with Crippen LogP contribution in [-0.2, 0) is 5.75 Å². The molecule has 4 heteroatoms. The highest BCUT2D eigenvalue weighted by atomic mass is 79.9. The second-order valence-electron chi connectivity index (χ2n) is 2.99. The second kappa shape index (κ2) is 3.59. The molecule has 1 N–H and O–H groups in total. The zero-order valence-electron chi connectivity index (χ0n) is 6.76. The highest BCUT2D eigenvalue weighted by Crippen LogP contribution is 2.36. The summed E-state index contributed by atoms with van der Waals surface area (Å²) >= 11 is 4.96. The predicted octanol–water partition coefficient (Wildman–Crippen LogP) is 2.87. The minimum atomic E-state index is -0.527. The third-order valence-corrected chi connectivity index (χ3v) is 3.83. The summed E-state index contributed by atoms with van der Waals surface area (Å²) in [5, 5.41) is 9.60. The van der Waals surface area contributed by atoms with Crippen molar-refractivity contribution in [1.29, 1.82) is 0 Å². The Kier molecular flexibility index (Phi) is 2.62. The number of aliphatic hydroxyl groups excluding tert-OH is 1. The Hall–Kier alpha value is -0.0600. The van der Waals surface area contributed by atoms with E-state index >= 15 is 0 Å². The summed E-state index contributed by atoms with van der Waals surface area (Å²) in [6.45, 7) is 0. The largest absolute Gasteiger partial charge is 0.388 e. The van der Waals surface area contributed by atoms with E-state index in [1.165, 1.54) is 12.1 Å². The average Bonchev–Trinajstić information content (AvgIpc) is 2.07. The summed E-state index contributed by atoms with van der Waals surface area (Å²) in [7, 11) is 0. The number of fused-ring (bicyclic) bond motifs is 1. The van der Waals surface area contributed by atoms with Gasteiger partial charge in [0.25, 0.3) is 0 Å². The van der Waals surface area contributed by atoms with Crippen molar-refractivity contribution in [3.05, 3.63) is 33.5 Å². The van der Waals surface area contributed by atoms with Crippen molar-refractivity contribution in [1.82, 2.24) is 0 Å². The zero-order chi connectivity index (χ0) is 9.42. The molecule has 0 spiro atoms. The number of benzene rings is 1. The minimum Gasteiger partial charge on any atom is -0.388 e. The quantitative estimate of drug-likeness (QED) is 0.776. The summed E-state index contributed by atoms with van der Waals surface area (Å²) in [4.78, 5) is 0. The fourth-order valence-corrected chi connectivity index (χ4v) is 3.26. The summed E-state index contributed by atoms with van der Waals surface area (Å²) < 4.78 is 13.7. The van der Waals surface area contributed by atoms with Crippen molar-refractivity contribution in [2.24, 2.45) is 0 Å². The van der Waals surface area contributed by atoms with Gasteiger partial charge in [0, 0.05) is 16.0 Å². The molecule has 0 saturated heterocycles. The van der Waals surface area contributed by atoms with Gasteiger partial charge in [-0.1, -0.05) is 15.9 Å². The van der Waals surface area contributed by atoms with Gasteiger partial charge in [-0.05, 0) is 23.3 Å². The van der Waals surface area contributed by atoms with Crippen LogP contribution in [0.15, 0.2) is 16.6 Å². The predicted molar refractivity (Wildman–Crippen MR) is 55.2 cm³/mol. The fraction of sp³-hybridized carbons (Fsp3) is 0.333. The Morgan fingerprint density at radius 1 is 1.54 bits per heavy atom. The number of thioether (sulfide) groups is 1. The lowest BCUT2D eigenvalue weighted by atomic mass is 10.0. The summed E-state index contributed by atoms with van der Waals surface area (Å²) in [5.74, 6) is 1.20. The molecule has 1 aliphatic heterocycles. The molecule has 0 radical (unpaired) electrons. The topological polar surface area (TPSA) is 20.2 Å². The number of halogens is 2. The number of hydrogen-bond acceptors (Lipinski definition) is 2. The standard InChI is InChI=1S/C9H8BrFOS/c10-8-2-5(11)1-6-7(8)3-13-4-9(6)12/h1-2,9,12H,3-4H2/t9-/m1/s1. The van der Waals surface area contributed by atoms with Crippen molar-refractivity contribution in [3.63, 3.8) is 0 Å². The van der Waals surface area contributed by atoms with Gasteiger partial charge in [0.2, 0.25) is 0 Å². The van der Waals surface area contributed by atoms with E-state index in [4.69, 9.17) is 0 Å². The maximum atomic E-state index is 13.0. The third kappa shape index (κ3) is 1.75. The van der Waals surface area contributed by atoms with Crippen LogP contribution in [0.5, 0.6) is 0 Å². The number of rotatable bonds is 0. The van der Waals surface area contributed by atoms with Crippen LogP contribution in [0, 0.1) is 5.82 Å². The molecular weight excluding hydrogens is 255 g/mol. The number of aliphatic hydroxyl groups is 1. The maximum absolute atomic E-state index is 13.0. The molecule has 0 unspecified atom stereocenters. The summed E-state index contributed by atoms with van der Waals surface area (Å²) in [6.07, 6.45) is -0.527. The van der Waals surface area contributed by atoms with Gasteiger partial charge < -0.3 is 5.11 Å². The van der Waals surface area contributed by atoms with Crippen molar-refractivity contribution < 1.29 is 9.50 Å². The Morgan fingerprint density at radius 2 is 2.31 bits per heavy atom. The molecule has 0 aliphatic carbocycles. The Bertz CT molecular complexity index is 343. The van der Waals surface area contributed by atoms with Gasteiger partial charge in [-0.25, -0.2) is 4.39 Å². The molecule has 1 heterocycles. The van der Waals surface area contributed by atoms with E-state index in [-0.39, 0.29) is 5.82 Å². The lowest BCUT2D eigenvalue weighted by Gasteiger charge is -2.21. The maximum Gasteiger partial charge on any atom is 0.124 e. The van der Waals surface area contributed by atoms with Crippen LogP contribution >= 0.6 is 27.7 Å². The summed E-state index contributed by atoms with van der Waals surface area (Å²) in [6, 6.07) is 2.86. The van der Waals surface area contributed by atoms with Gasteiger partial charge in [-0.15, -0.1) is 0 Å². The highest BCUT2D eigenvalue weighted by Gasteiger charge is 2.21. The number of hydrogen-bond donors (Lipinski definition) is 1. The lowest BCUT2D eigenvalue weighted by molar-refractivity contribution is 0.201. The van der Waals surface area contributed by atoms with Crippen molar-refractivity contribution in [3.8, 4) is 0 Å². The monoisotopic (exact) mass is 262 g/mol. The average molecular weight is 263 g/mol. The van der Waals surface area contributed by atoms with Gasteiger partial charge >= 0.3 is 0 Å². The molecule has 1 aromatic carbocycles. The van der Waals surface area contributed by atoms with E-state index in [0.29, 0.717) is 5.75 Å². The highest BCUT2D eigenvalue weighted by molar-refractivity contribution is 9.10.